The molecule has 0 unspecified atom stereocenters. The molecule has 32 heavy (non-hydrogen) atoms. The number of aromatic amines is 1. The summed E-state index contributed by atoms with van der Waals surface area (Å²) < 4.78 is 10.9. The molecule has 0 bridgehead atoms. The molecule has 0 spiro atoms. The summed E-state index contributed by atoms with van der Waals surface area (Å²) in [4.78, 5) is 39.9. The van der Waals surface area contributed by atoms with E-state index in [1.54, 1.807) is 0 Å². The first kappa shape index (κ1) is 21.4. The van der Waals surface area contributed by atoms with Crippen LogP contribution in [0.5, 0.6) is 0 Å². The highest BCUT2D eigenvalue weighted by Gasteiger charge is 2.23. The van der Waals surface area contributed by atoms with Crippen LogP contribution in [0.4, 0.5) is 0 Å². The van der Waals surface area contributed by atoms with Gasteiger partial charge in [0.15, 0.2) is 0 Å². The maximum absolute atomic E-state index is 12.9. The molecule has 0 saturated heterocycles. The molecule has 4 rings (SSSR count). The minimum atomic E-state index is -0.859. The molecule has 4 aromatic rings. The van der Waals surface area contributed by atoms with Crippen molar-refractivity contribution in [2.45, 2.75) is 39.8 Å². The Labute approximate surface area is 184 Å². The second-order valence-corrected chi connectivity index (χ2v) is 7.90. The first-order valence-electron chi connectivity index (χ1n) is 10.3. The van der Waals surface area contributed by atoms with Crippen LogP contribution in [-0.2, 0) is 27.4 Å². The summed E-state index contributed by atoms with van der Waals surface area (Å²) in [7, 11) is 0. The number of hydrogen-bond acceptors (Lipinski definition) is 5. The van der Waals surface area contributed by atoms with Gasteiger partial charge in [0, 0.05) is 47.5 Å². The van der Waals surface area contributed by atoms with Crippen molar-refractivity contribution in [1.29, 1.82) is 0 Å². The molecular formula is C25H24N2O5. The fourth-order valence-electron chi connectivity index (χ4n) is 3.85. The summed E-state index contributed by atoms with van der Waals surface area (Å²) >= 11 is 0. The highest BCUT2D eigenvalue weighted by atomic mass is 16.5. The van der Waals surface area contributed by atoms with Crippen molar-refractivity contribution in [3.8, 4) is 0 Å². The largest absolute Gasteiger partial charge is 0.459 e. The van der Waals surface area contributed by atoms with E-state index in [-0.39, 0.29) is 18.9 Å². The number of H-pyrrole nitrogens is 1. The van der Waals surface area contributed by atoms with Crippen molar-refractivity contribution in [3.63, 3.8) is 0 Å². The van der Waals surface area contributed by atoms with Crippen LogP contribution < -0.4 is 10.9 Å². The van der Waals surface area contributed by atoms with Gasteiger partial charge in [-0.25, -0.2) is 9.59 Å². The van der Waals surface area contributed by atoms with Crippen LogP contribution in [0.15, 0.2) is 57.9 Å². The number of para-hydroxylation sites is 1. The minimum absolute atomic E-state index is 0.104. The molecule has 0 aliphatic carbocycles. The van der Waals surface area contributed by atoms with Crippen LogP contribution in [-0.4, -0.2) is 22.9 Å². The molecule has 0 aliphatic rings. The smallest absolute Gasteiger partial charge is 0.336 e. The molecule has 0 aliphatic heterocycles. The van der Waals surface area contributed by atoms with Crippen molar-refractivity contribution in [2.75, 3.05) is 0 Å². The molecule has 1 atom stereocenters. The third-order valence-electron chi connectivity index (χ3n) is 5.65. The number of ether oxygens (including phenoxy) is 1. The first-order chi connectivity index (χ1) is 15.3. The number of carbonyl (C=O) groups excluding carboxylic acids is 2. The topological polar surface area (TPSA) is 101 Å². The maximum atomic E-state index is 12.9. The standard InChI is InChI=1S/C25H24N2O5/c1-14-8-9-20-18(11-23(29)32-24(20)15(14)2)13-31-25(30)22(27-16(3)28)10-17-12-26-21-7-5-4-6-19(17)21/h4-9,11-12,22,26H,10,13H2,1-3H3,(H,27,28)/t22-/m0/s1. The Morgan fingerprint density at radius 3 is 2.66 bits per heavy atom. The summed E-state index contributed by atoms with van der Waals surface area (Å²) in [6, 6.07) is 12.0. The van der Waals surface area contributed by atoms with E-state index >= 15 is 0 Å². The van der Waals surface area contributed by atoms with Crippen LogP contribution >= 0.6 is 0 Å². The van der Waals surface area contributed by atoms with Gasteiger partial charge in [-0.1, -0.05) is 30.3 Å². The van der Waals surface area contributed by atoms with Crippen LogP contribution in [0.1, 0.15) is 29.2 Å². The number of aryl methyl sites for hydroxylation is 2. The van der Waals surface area contributed by atoms with Gasteiger partial charge in [0.05, 0.1) is 0 Å². The molecular weight excluding hydrogens is 408 g/mol. The molecule has 7 heteroatoms. The average molecular weight is 432 g/mol. The monoisotopic (exact) mass is 432 g/mol. The Morgan fingerprint density at radius 1 is 1.09 bits per heavy atom. The van der Waals surface area contributed by atoms with E-state index in [0.29, 0.717) is 16.5 Å². The molecule has 2 N–H and O–H groups in total. The Morgan fingerprint density at radius 2 is 1.88 bits per heavy atom. The number of benzene rings is 2. The van der Waals surface area contributed by atoms with E-state index in [1.165, 1.54) is 13.0 Å². The predicted octanol–water partition coefficient (Wildman–Crippen LogP) is 3.68. The van der Waals surface area contributed by atoms with Crippen LogP contribution in [0, 0.1) is 13.8 Å². The number of aromatic nitrogens is 1. The van der Waals surface area contributed by atoms with Gasteiger partial charge in [-0.05, 0) is 36.6 Å². The normalized spacial score (nSPS) is 12.1. The summed E-state index contributed by atoms with van der Waals surface area (Å²) in [6.45, 7) is 5.07. The number of esters is 1. The molecule has 1 amide bonds. The van der Waals surface area contributed by atoms with E-state index in [9.17, 15) is 14.4 Å². The lowest BCUT2D eigenvalue weighted by Gasteiger charge is -2.17. The second-order valence-electron chi connectivity index (χ2n) is 7.90. The highest BCUT2D eigenvalue weighted by molar-refractivity contribution is 5.87. The molecule has 2 heterocycles. The van der Waals surface area contributed by atoms with E-state index in [2.05, 4.69) is 10.3 Å². The van der Waals surface area contributed by atoms with Crippen molar-refractivity contribution in [2.24, 2.45) is 0 Å². The summed E-state index contributed by atoms with van der Waals surface area (Å²) in [5, 5.41) is 4.37. The molecule has 0 fully saturated rings. The van der Waals surface area contributed by atoms with Crippen molar-refractivity contribution >= 4 is 33.7 Å². The third-order valence-corrected chi connectivity index (χ3v) is 5.65. The highest BCUT2D eigenvalue weighted by Crippen LogP contribution is 2.24. The van der Waals surface area contributed by atoms with Crippen molar-refractivity contribution in [1.82, 2.24) is 10.3 Å². The minimum Gasteiger partial charge on any atom is -0.459 e. The molecule has 2 aromatic carbocycles. The molecule has 7 nitrogen and oxygen atoms in total. The zero-order valence-electron chi connectivity index (χ0n) is 18.2. The van der Waals surface area contributed by atoms with Gasteiger partial charge >= 0.3 is 11.6 Å². The predicted molar refractivity (Wildman–Crippen MR) is 121 cm³/mol. The first-order valence-corrected chi connectivity index (χ1v) is 10.3. The van der Waals surface area contributed by atoms with Gasteiger partial charge < -0.3 is 19.5 Å². The van der Waals surface area contributed by atoms with Gasteiger partial charge in [0.2, 0.25) is 5.91 Å². The van der Waals surface area contributed by atoms with Crippen LogP contribution in [0.25, 0.3) is 21.9 Å². The van der Waals surface area contributed by atoms with Gasteiger partial charge in [0.1, 0.15) is 18.2 Å². The maximum Gasteiger partial charge on any atom is 0.336 e. The molecule has 2 aromatic heterocycles. The zero-order valence-corrected chi connectivity index (χ0v) is 18.2. The number of carbonyl (C=O) groups is 2. The second kappa shape index (κ2) is 8.70. The third kappa shape index (κ3) is 4.27. The van der Waals surface area contributed by atoms with Crippen molar-refractivity contribution in [3.05, 3.63) is 81.3 Å². The molecule has 164 valence electrons. The Kier molecular flexibility index (Phi) is 5.81. The van der Waals surface area contributed by atoms with Crippen LogP contribution in [0.2, 0.25) is 0 Å². The molecule has 0 radical (unpaired) electrons. The summed E-state index contributed by atoms with van der Waals surface area (Å²) in [5.41, 5.74) is 4.25. The lowest BCUT2D eigenvalue weighted by atomic mass is 10.0. The number of fused-ring (bicyclic) bond motifs is 2. The van der Waals surface area contributed by atoms with Gasteiger partial charge in [-0.2, -0.15) is 0 Å². The van der Waals surface area contributed by atoms with Gasteiger partial charge in [-0.3, -0.25) is 4.79 Å². The summed E-state index contributed by atoms with van der Waals surface area (Å²) in [6.07, 6.45) is 2.10. The number of hydrogen-bond donors (Lipinski definition) is 2. The fraction of sp³-hybridized carbons (Fsp3) is 0.240. The van der Waals surface area contributed by atoms with E-state index < -0.39 is 17.6 Å². The van der Waals surface area contributed by atoms with E-state index in [4.69, 9.17) is 9.15 Å². The van der Waals surface area contributed by atoms with E-state index in [0.717, 1.165) is 27.6 Å². The Balaban J connectivity index is 1.57. The zero-order chi connectivity index (χ0) is 22.8. The Hall–Kier alpha value is -3.87. The SMILES string of the molecule is CC(=O)N[C@@H](Cc1c[nH]c2ccccc12)C(=O)OCc1cc(=O)oc2c(C)c(C)ccc12. The quantitative estimate of drug-likeness (QED) is 0.358. The van der Waals surface area contributed by atoms with Gasteiger partial charge in [0.25, 0.3) is 0 Å². The fourth-order valence-corrected chi connectivity index (χ4v) is 3.85. The summed E-state index contributed by atoms with van der Waals surface area (Å²) in [5.74, 6) is -0.903. The number of nitrogens with one attached hydrogen (secondary N) is 2. The van der Waals surface area contributed by atoms with Gasteiger partial charge in [-0.15, -0.1) is 0 Å². The average Bonchev–Trinajstić information content (AvgIpc) is 3.17. The Bertz CT molecular complexity index is 1380. The lowest BCUT2D eigenvalue weighted by Crippen LogP contribution is -2.42. The lowest BCUT2D eigenvalue weighted by molar-refractivity contribution is -0.148. The van der Waals surface area contributed by atoms with E-state index in [1.807, 2.05) is 56.4 Å². The number of rotatable bonds is 6. The number of amides is 1. The van der Waals surface area contributed by atoms with Crippen LogP contribution in [0.3, 0.4) is 0 Å². The van der Waals surface area contributed by atoms with Crippen molar-refractivity contribution < 1.29 is 18.7 Å². The molecule has 0 saturated carbocycles.